The summed E-state index contributed by atoms with van der Waals surface area (Å²) in [5, 5.41) is 7.40. The van der Waals surface area contributed by atoms with E-state index in [2.05, 4.69) is 15.6 Å². The van der Waals surface area contributed by atoms with Crippen LogP contribution in [-0.2, 0) is 11.4 Å². The number of pyridine rings is 1. The van der Waals surface area contributed by atoms with Gasteiger partial charge in [-0.3, -0.25) is 9.59 Å². The molecule has 0 aliphatic rings. The Morgan fingerprint density at radius 2 is 2.03 bits per heavy atom. The fourth-order valence-electron chi connectivity index (χ4n) is 2.89. The van der Waals surface area contributed by atoms with Crippen LogP contribution in [0.1, 0.15) is 21.8 Å². The molecule has 0 aliphatic heterocycles. The van der Waals surface area contributed by atoms with Gasteiger partial charge in [0.1, 0.15) is 18.0 Å². The van der Waals surface area contributed by atoms with E-state index in [9.17, 15) is 9.59 Å². The van der Waals surface area contributed by atoms with Gasteiger partial charge in [0.05, 0.1) is 10.6 Å². The third-order valence-corrected chi connectivity index (χ3v) is 5.17. The molecule has 7 nitrogen and oxygen atoms in total. The van der Waals surface area contributed by atoms with Crippen molar-refractivity contribution in [1.29, 1.82) is 0 Å². The molecule has 3 aromatic heterocycles. The average molecular weight is 420 g/mol. The molecule has 8 heteroatoms. The minimum Gasteiger partial charge on any atom is -0.487 e. The Bertz CT molecular complexity index is 1120. The number of ether oxygens (including phenoxy) is 1. The second kappa shape index (κ2) is 9.23. The van der Waals surface area contributed by atoms with Crippen molar-refractivity contribution in [3.05, 3.63) is 82.9 Å². The van der Waals surface area contributed by atoms with Crippen LogP contribution >= 0.6 is 11.3 Å². The number of amides is 2. The van der Waals surface area contributed by atoms with E-state index in [1.54, 1.807) is 18.2 Å². The van der Waals surface area contributed by atoms with Crippen LogP contribution < -0.4 is 15.4 Å². The van der Waals surface area contributed by atoms with Crippen molar-refractivity contribution in [2.45, 2.75) is 13.0 Å². The van der Waals surface area contributed by atoms with Crippen LogP contribution in [0.25, 0.3) is 5.65 Å². The zero-order valence-corrected chi connectivity index (χ0v) is 16.9. The van der Waals surface area contributed by atoms with Crippen LogP contribution in [0, 0.1) is 0 Å². The van der Waals surface area contributed by atoms with Gasteiger partial charge < -0.3 is 19.8 Å². The Hall–Kier alpha value is -3.65. The summed E-state index contributed by atoms with van der Waals surface area (Å²) in [4.78, 5) is 29.2. The van der Waals surface area contributed by atoms with Crippen LogP contribution in [0.5, 0.6) is 5.75 Å². The lowest BCUT2D eigenvalue weighted by Crippen LogP contribution is -2.27. The number of fused-ring (bicyclic) bond motifs is 1. The first-order valence-corrected chi connectivity index (χ1v) is 10.3. The van der Waals surface area contributed by atoms with E-state index in [4.69, 9.17) is 4.74 Å². The van der Waals surface area contributed by atoms with Gasteiger partial charge in [-0.2, -0.15) is 0 Å². The van der Waals surface area contributed by atoms with Gasteiger partial charge >= 0.3 is 0 Å². The summed E-state index contributed by atoms with van der Waals surface area (Å²) in [7, 11) is 0. The second-order valence-corrected chi connectivity index (χ2v) is 7.49. The van der Waals surface area contributed by atoms with Crippen molar-refractivity contribution in [3.8, 4) is 5.75 Å². The molecule has 2 N–H and O–H groups in total. The number of thiophene rings is 1. The Morgan fingerprint density at radius 3 is 2.87 bits per heavy atom. The maximum absolute atomic E-state index is 12.2. The summed E-state index contributed by atoms with van der Waals surface area (Å²) in [6, 6.07) is 16.6. The molecule has 0 spiro atoms. The quantitative estimate of drug-likeness (QED) is 0.455. The molecule has 2 amide bonds. The Labute approximate surface area is 177 Å². The number of carbonyl (C=O) groups excluding carboxylic acids is 2. The van der Waals surface area contributed by atoms with Crippen LogP contribution in [0.2, 0.25) is 0 Å². The van der Waals surface area contributed by atoms with Crippen molar-refractivity contribution >= 4 is 34.5 Å². The van der Waals surface area contributed by atoms with Gasteiger partial charge in [0.2, 0.25) is 5.91 Å². The van der Waals surface area contributed by atoms with E-state index in [0.717, 1.165) is 11.3 Å². The van der Waals surface area contributed by atoms with Crippen LogP contribution in [0.4, 0.5) is 5.69 Å². The van der Waals surface area contributed by atoms with Gasteiger partial charge in [-0.1, -0.05) is 18.2 Å². The molecule has 0 radical (unpaired) electrons. The van der Waals surface area contributed by atoms with Crippen molar-refractivity contribution < 1.29 is 14.3 Å². The number of hydrogen-bond donors (Lipinski definition) is 2. The second-order valence-electron chi connectivity index (χ2n) is 6.55. The molecule has 0 atom stereocenters. The maximum Gasteiger partial charge on any atom is 0.261 e. The van der Waals surface area contributed by atoms with Gasteiger partial charge in [0.15, 0.2) is 0 Å². The molecule has 0 aliphatic carbocycles. The number of hydrogen-bond acceptors (Lipinski definition) is 5. The molecule has 3 heterocycles. The highest BCUT2D eigenvalue weighted by Crippen LogP contribution is 2.19. The molecule has 0 fully saturated rings. The number of nitrogens with one attached hydrogen (secondary N) is 2. The molecule has 30 heavy (non-hydrogen) atoms. The SMILES string of the molecule is O=C(CCNC(=O)c1cccs1)Nc1cccc(OCc2cn3ccccc3n2)c1. The van der Waals surface area contributed by atoms with E-state index in [1.165, 1.54) is 11.3 Å². The lowest BCUT2D eigenvalue weighted by molar-refractivity contribution is -0.116. The van der Waals surface area contributed by atoms with Crippen molar-refractivity contribution in [2.24, 2.45) is 0 Å². The molecule has 0 unspecified atom stereocenters. The summed E-state index contributed by atoms with van der Waals surface area (Å²) in [5.74, 6) is 0.287. The monoisotopic (exact) mass is 420 g/mol. The van der Waals surface area contributed by atoms with E-state index in [0.29, 0.717) is 22.9 Å². The maximum atomic E-state index is 12.2. The smallest absolute Gasteiger partial charge is 0.261 e. The Morgan fingerprint density at radius 1 is 1.10 bits per heavy atom. The van der Waals surface area contributed by atoms with E-state index < -0.39 is 0 Å². The molecule has 1 aromatic carbocycles. The third kappa shape index (κ3) is 5.03. The highest BCUT2D eigenvalue weighted by molar-refractivity contribution is 7.12. The van der Waals surface area contributed by atoms with Gasteiger partial charge in [-0.05, 0) is 35.7 Å². The highest BCUT2D eigenvalue weighted by atomic mass is 32.1. The van der Waals surface area contributed by atoms with Crippen LogP contribution in [0.3, 0.4) is 0 Å². The van der Waals surface area contributed by atoms with Gasteiger partial charge in [-0.15, -0.1) is 11.3 Å². The minimum absolute atomic E-state index is 0.167. The summed E-state index contributed by atoms with van der Waals surface area (Å²) < 4.78 is 7.75. The number of imidazole rings is 1. The first-order valence-electron chi connectivity index (χ1n) is 9.44. The molecule has 152 valence electrons. The standard InChI is InChI=1S/C22H20N4O3S/c27-21(9-10-23-22(28)19-7-4-12-30-19)25-16-5-3-6-18(13-16)29-15-17-14-26-11-2-1-8-20(26)24-17/h1-8,11-14H,9-10,15H2,(H,23,28)(H,25,27). The lowest BCUT2D eigenvalue weighted by Gasteiger charge is -2.09. The number of carbonyl (C=O) groups is 2. The fraction of sp³-hybridized carbons (Fsp3) is 0.136. The first-order chi connectivity index (χ1) is 14.7. The number of aromatic nitrogens is 2. The Balaban J connectivity index is 1.26. The zero-order valence-electron chi connectivity index (χ0n) is 16.1. The summed E-state index contributed by atoms with van der Waals surface area (Å²) in [6.45, 7) is 0.598. The molecule has 0 bridgehead atoms. The van der Waals surface area contributed by atoms with Gasteiger partial charge in [-0.25, -0.2) is 4.98 Å². The van der Waals surface area contributed by atoms with Gasteiger partial charge in [0.25, 0.3) is 5.91 Å². The van der Waals surface area contributed by atoms with Crippen LogP contribution in [-0.4, -0.2) is 27.7 Å². The normalized spacial score (nSPS) is 10.7. The Kier molecular flexibility index (Phi) is 6.05. The largest absolute Gasteiger partial charge is 0.487 e. The zero-order chi connectivity index (χ0) is 20.8. The predicted octanol–water partition coefficient (Wildman–Crippen LogP) is 3.73. The van der Waals surface area contributed by atoms with Crippen molar-refractivity contribution in [1.82, 2.24) is 14.7 Å². The van der Waals surface area contributed by atoms with E-state index in [1.807, 2.05) is 58.6 Å². The van der Waals surface area contributed by atoms with Crippen LogP contribution in [0.15, 0.2) is 72.4 Å². The molecule has 0 saturated heterocycles. The number of rotatable bonds is 8. The predicted molar refractivity (Wildman–Crippen MR) is 116 cm³/mol. The van der Waals surface area contributed by atoms with E-state index >= 15 is 0 Å². The van der Waals surface area contributed by atoms with Crippen molar-refractivity contribution in [2.75, 3.05) is 11.9 Å². The topological polar surface area (TPSA) is 84.7 Å². The lowest BCUT2D eigenvalue weighted by atomic mass is 10.3. The fourth-order valence-corrected chi connectivity index (χ4v) is 3.53. The van der Waals surface area contributed by atoms with E-state index in [-0.39, 0.29) is 24.8 Å². The first kappa shape index (κ1) is 19.7. The highest BCUT2D eigenvalue weighted by Gasteiger charge is 2.08. The molecular formula is C22H20N4O3S. The summed E-state index contributed by atoms with van der Waals surface area (Å²) in [5.41, 5.74) is 2.32. The number of benzene rings is 1. The molecule has 4 aromatic rings. The number of anilines is 1. The molecule has 0 saturated carbocycles. The average Bonchev–Trinajstić information content (AvgIpc) is 3.42. The minimum atomic E-state index is -0.181. The molecule has 4 rings (SSSR count). The summed E-state index contributed by atoms with van der Waals surface area (Å²) in [6.07, 6.45) is 4.04. The summed E-state index contributed by atoms with van der Waals surface area (Å²) >= 11 is 1.37. The molecular weight excluding hydrogens is 400 g/mol. The third-order valence-electron chi connectivity index (χ3n) is 4.30. The van der Waals surface area contributed by atoms with Gasteiger partial charge in [0, 0.05) is 37.1 Å². The number of nitrogens with zero attached hydrogens (tertiary/aromatic N) is 2. The van der Waals surface area contributed by atoms with Crippen molar-refractivity contribution in [3.63, 3.8) is 0 Å².